The minimum atomic E-state index is 0.0613. The highest BCUT2D eigenvalue weighted by molar-refractivity contribution is 9.10. The molecule has 2 nitrogen and oxygen atoms in total. The fraction of sp³-hybridized carbons (Fsp3) is 0.214. The molecule has 94 valence electrons. The van der Waals surface area contributed by atoms with Gasteiger partial charge < -0.3 is 4.74 Å². The minimum Gasteiger partial charge on any atom is -0.493 e. The van der Waals surface area contributed by atoms with Crippen molar-refractivity contribution >= 4 is 33.0 Å². The van der Waals surface area contributed by atoms with E-state index < -0.39 is 0 Å². The van der Waals surface area contributed by atoms with Gasteiger partial charge in [0.1, 0.15) is 5.75 Å². The van der Waals surface area contributed by atoms with Gasteiger partial charge in [-0.1, -0.05) is 0 Å². The van der Waals surface area contributed by atoms with Gasteiger partial charge in [-0.2, -0.15) is 0 Å². The monoisotopic (exact) mass is 324 g/mol. The van der Waals surface area contributed by atoms with Crippen LogP contribution in [0.5, 0.6) is 5.75 Å². The molecule has 0 aliphatic heterocycles. The van der Waals surface area contributed by atoms with Gasteiger partial charge in [-0.25, -0.2) is 0 Å². The van der Waals surface area contributed by atoms with Gasteiger partial charge >= 0.3 is 0 Å². The molecule has 18 heavy (non-hydrogen) atoms. The SMILES string of the molecule is CCOc1ccc(C(=O)c2sccc2C)cc1Br. The first-order chi connectivity index (χ1) is 8.63. The van der Waals surface area contributed by atoms with Gasteiger partial charge in [0, 0.05) is 5.56 Å². The van der Waals surface area contributed by atoms with E-state index in [-0.39, 0.29) is 5.78 Å². The molecule has 0 fully saturated rings. The zero-order valence-corrected chi connectivity index (χ0v) is 12.6. The highest BCUT2D eigenvalue weighted by Crippen LogP contribution is 2.28. The number of ketones is 1. The summed E-state index contributed by atoms with van der Waals surface area (Å²) in [5.41, 5.74) is 1.70. The third-order valence-electron chi connectivity index (χ3n) is 2.56. The summed E-state index contributed by atoms with van der Waals surface area (Å²) in [4.78, 5) is 13.1. The molecule has 1 aromatic heterocycles. The van der Waals surface area contributed by atoms with E-state index in [1.807, 2.05) is 37.4 Å². The van der Waals surface area contributed by atoms with Crippen LogP contribution in [0.1, 0.15) is 27.7 Å². The van der Waals surface area contributed by atoms with Crippen molar-refractivity contribution in [2.75, 3.05) is 6.61 Å². The summed E-state index contributed by atoms with van der Waals surface area (Å²) >= 11 is 4.90. The third kappa shape index (κ3) is 2.65. The molecule has 0 amide bonds. The van der Waals surface area contributed by atoms with Crippen molar-refractivity contribution in [1.82, 2.24) is 0 Å². The molecule has 1 aromatic carbocycles. The Morgan fingerprint density at radius 1 is 1.39 bits per heavy atom. The van der Waals surface area contributed by atoms with Crippen LogP contribution in [0.4, 0.5) is 0 Å². The number of hydrogen-bond donors (Lipinski definition) is 0. The second-order valence-corrected chi connectivity index (χ2v) is 5.61. The Labute approximate surface area is 119 Å². The average Bonchev–Trinajstić information content (AvgIpc) is 2.77. The molecule has 0 radical (unpaired) electrons. The summed E-state index contributed by atoms with van der Waals surface area (Å²) in [5, 5.41) is 1.94. The minimum absolute atomic E-state index is 0.0613. The fourth-order valence-electron chi connectivity index (χ4n) is 1.65. The summed E-state index contributed by atoms with van der Waals surface area (Å²) in [6.07, 6.45) is 0. The summed E-state index contributed by atoms with van der Waals surface area (Å²) in [5.74, 6) is 0.822. The first-order valence-electron chi connectivity index (χ1n) is 5.64. The number of carbonyl (C=O) groups is 1. The zero-order valence-electron chi connectivity index (χ0n) is 10.2. The topological polar surface area (TPSA) is 26.3 Å². The van der Waals surface area contributed by atoms with Gasteiger partial charge in [-0.05, 0) is 65.0 Å². The Balaban J connectivity index is 2.32. The standard InChI is InChI=1S/C14H13BrO2S/c1-3-17-12-5-4-10(8-11(12)15)13(16)14-9(2)6-7-18-14/h4-8H,3H2,1-2H3. The molecule has 4 heteroatoms. The molecule has 2 rings (SSSR count). The van der Waals surface area contributed by atoms with E-state index in [0.29, 0.717) is 12.2 Å². The molecule has 0 unspecified atom stereocenters. The Morgan fingerprint density at radius 3 is 2.72 bits per heavy atom. The highest BCUT2D eigenvalue weighted by Gasteiger charge is 2.14. The zero-order chi connectivity index (χ0) is 13.1. The molecule has 0 saturated carbocycles. The quantitative estimate of drug-likeness (QED) is 0.777. The van der Waals surface area contributed by atoms with Crippen LogP contribution in [0.3, 0.4) is 0 Å². The molecule has 0 aliphatic carbocycles. The Bertz CT molecular complexity index is 575. The van der Waals surface area contributed by atoms with Crippen LogP contribution in [0, 0.1) is 6.92 Å². The largest absolute Gasteiger partial charge is 0.493 e. The van der Waals surface area contributed by atoms with Crippen LogP contribution in [0.25, 0.3) is 0 Å². The van der Waals surface area contributed by atoms with Gasteiger partial charge in [-0.15, -0.1) is 11.3 Å². The summed E-state index contributed by atoms with van der Waals surface area (Å²) in [6.45, 7) is 4.49. The van der Waals surface area contributed by atoms with E-state index in [1.54, 1.807) is 6.07 Å². The van der Waals surface area contributed by atoms with E-state index in [9.17, 15) is 4.79 Å². The third-order valence-corrected chi connectivity index (χ3v) is 4.20. The van der Waals surface area contributed by atoms with Gasteiger partial charge in [0.25, 0.3) is 0 Å². The smallest absolute Gasteiger partial charge is 0.203 e. The van der Waals surface area contributed by atoms with E-state index in [1.165, 1.54) is 11.3 Å². The number of thiophene rings is 1. The molecule has 0 aliphatic rings. The summed E-state index contributed by atoms with van der Waals surface area (Å²) in [7, 11) is 0. The van der Waals surface area contributed by atoms with Crippen molar-refractivity contribution < 1.29 is 9.53 Å². The number of ether oxygens (including phenoxy) is 1. The van der Waals surface area contributed by atoms with E-state index in [4.69, 9.17) is 4.74 Å². The number of aryl methyl sites for hydroxylation is 1. The number of hydrogen-bond acceptors (Lipinski definition) is 3. The van der Waals surface area contributed by atoms with Crippen molar-refractivity contribution in [3.05, 3.63) is 50.1 Å². The molecular formula is C14H13BrO2S. The van der Waals surface area contributed by atoms with E-state index in [0.717, 1.165) is 20.7 Å². The maximum absolute atomic E-state index is 12.3. The lowest BCUT2D eigenvalue weighted by Crippen LogP contribution is -2.01. The Hall–Kier alpha value is -1.13. The second-order valence-electron chi connectivity index (χ2n) is 3.84. The van der Waals surface area contributed by atoms with Gasteiger partial charge in [-0.3, -0.25) is 4.79 Å². The molecule has 0 N–H and O–H groups in total. The van der Waals surface area contributed by atoms with Gasteiger partial charge in [0.15, 0.2) is 0 Å². The lowest BCUT2D eigenvalue weighted by molar-refractivity contribution is 0.104. The van der Waals surface area contributed by atoms with Crippen LogP contribution in [0.2, 0.25) is 0 Å². The second kappa shape index (κ2) is 5.67. The first-order valence-corrected chi connectivity index (χ1v) is 7.32. The van der Waals surface area contributed by atoms with Crippen LogP contribution >= 0.6 is 27.3 Å². The lowest BCUT2D eigenvalue weighted by Gasteiger charge is -2.07. The Morgan fingerprint density at radius 2 is 2.17 bits per heavy atom. The number of rotatable bonds is 4. The summed E-state index contributed by atoms with van der Waals surface area (Å²) < 4.78 is 6.24. The highest BCUT2D eigenvalue weighted by atomic mass is 79.9. The molecular weight excluding hydrogens is 312 g/mol. The predicted molar refractivity (Wildman–Crippen MR) is 77.8 cm³/mol. The van der Waals surface area contributed by atoms with Gasteiger partial charge in [0.05, 0.1) is 16.0 Å². The van der Waals surface area contributed by atoms with E-state index in [2.05, 4.69) is 15.9 Å². The van der Waals surface area contributed by atoms with Crippen LogP contribution < -0.4 is 4.74 Å². The Kier molecular flexibility index (Phi) is 4.19. The lowest BCUT2D eigenvalue weighted by atomic mass is 10.1. The molecule has 0 bridgehead atoms. The number of carbonyl (C=O) groups excluding carboxylic acids is 1. The maximum atomic E-state index is 12.3. The van der Waals surface area contributed by atoms with Crippen molar-refractivity contribution in [3.63, 3.8) is 0 Å². The molecule has 0 atom stereocenters. The van der Waals surface area contributed by atoms with Crippen molar-refractivity contribution in [1.29, 1.82) is 0 Å². The molecule has 2 aromatic rings. The van der Waals surface area contributed by atoms with Crippen molar-refractivity contribution in [2.45, 2.75) is 13.8 Å². The normalized spacial score (nSPS) is 10.4. The van der Waals surface area contributed by atoms with Crippen LogP contribution in [-0.4, -0.2) is 12.4 Å². The number of benzene rings is 1. The van der Waals surface area contributed by atoms with E-state index >= 15 is 0 Å². The average molecular weight is 325 g/mol. The van der Waals surface area contributed by atoms with Gasteiger partial charge in [0.2, 0.25) is 5.78 Å². The first kappa shape index (κ1) is 13.3. The van der Waals surface area contributed by atoms with Crippen LogP contribution in [-0.2, 0) is 0 Å². The fourth-order valence-corrected chi connectivity index (χ4v) is 3.03. The van der Waals surface area contributed by atoms with Crippen LogP contribution in [0.15, 0.2) is 34.1 Å². The maximum Gasteiger partial charge on any atom is 0.203 e. The number of halogens is 1. The molecule has 0 spiro atoms. The predicted octanol–water partition coefficient (Wildman–Crippen LogP) is 4.45. The molecule has 0 saturated heterocycles. The van der Waals surface area contributed by atoms with Crippen molar-refractivity contribution in [2.24, 2.45) is 0 Å². The van der Waals surface area contributed by atoms with Crippen molar-refractivity contribution in [3.8, 4) is 5.75 Å². The molecule has 1 heterocycles. The summed E-state index contributed by atoms with van der Waals surface area (Å²) in [6, 6.07) is 7.40.